The molecule has 92 valence electrons. The van der Waals surface area contributed by atoms with Gasteiger partial charge in [-0.2, -0.15) is 0 Å². The van der Waals surface area contributed by atoms with Gasteiger partial charge in [-0.3, -0.25) is 0 Å². The number of rotatable bonds is 0. The monoisotopic (exact) mass is 232 g/mol. The molecular formula is C15H20O2. The second-order valence-corrected chi connectivity index (χ2v) is 6.09. The first-order valence-electron chi connectivity index (χ1n) is 6.40. The highest BCUT2D eigenvalue weighted by atomic mass is 16.5. The summed E-state index contributed by atoms with van der Waals surface area (Å²) in [5, 5.41) is 10.4. The third-order valence-corrected chi connectivity index (χ3v) is 4.34. The molecule has 0 aromatic heterocycles. The molecule has 1 N–H and O–H groups in total. The first kappa shape index (κ1) is 11.2. The van der Waals surface area contributed by atoms with Gasteiger partial charge in [0.25, 0.3) is 0 Å². The maximum Gasteiger partial charge on any atom is 0.0846 e. The molecule has 0 fully saturated rings. The lowest BCUT2D eigenvalue weighted by atomic mass is 9.87. The van der Waals surface area contributed by atoms with E-state index in [1.165, 1.54) is 22.3 Å². The molecular weight excluding hydrogens is 212 g/mol. The van der Waals surface area contributed by atoms with Crippen molar-refractivity contribution in [3.63, 3.8) is 0 Å². The van der Waals surface area contributed by atoms with E-state index in [1.54, 1.807) is 0 Å². The van der Waals surface area contributed by atoms with Crippen LogP contribution < -0.4 is 0 Å². The first-order chi connectivity index (χ1) is 8.00. The summed E-state index contributed by atoms with van der Waals surface area (Å²) in [5.41, 5.74) is 6.58. The number of hydrogen-bond donors (Lipinski definition) is 1. The Bertz CT molecular complexity index is 474. The van der Waals surface area contributed by atoms with Crippen molar-refractivity contribution in [2.75, 3.05) is 6.61 Å². The summed E-state index contributed by atoms with van der Waals surface area (Å²) < 4.78 is 5.60. The molecule has 2 aliphatic rings. The second kappa shape index (κ2) is 3.56. The predicted octanol–water partition coefficient (Wildman–Crippen LogP) is 2.68. The molecule has 1 heterocycles. The van der Waals surface area contributed by atoms with Gasteiger partial charge in [0.2, 0.25) is 0 Å². The van der Waals surface area contributed by atoms with Crippen LogP contribution in [0.1, 0.15) is 47.8 Å². The minimum Gasteiger partial charge on any atom is -0.388 e. The van der Waals surface area contributed by atoms with Crippen LogP contribution >= 0.6 is 0 Å². The third-order valence-electron chi connectivity index (χ3n) is 4.34. The van der Waals surface area contributed by atoms with Crippen molar-refractivity contribution < 1.29 is 9.84 Å². The maximum atomic E-state index is 10.4. The average molecular weight is 232 g/mol. The minimum absolute atomic E-state index is 0.0403. The molecule has 3 rings (SSSR count). The van der Waals surface area contributed by atoms with Gasteiger partial charge in [0.15, 0.2) is 0 Å². The van der Waals surface area contributed by atoms with Gasteiger partial charge in [0, 0.05) is 0 Å². The molecule has 1 atom stereocenters. The lowest BCUT2D eigenvalue weighted by Crippen LogP contribution is -2.17. The highest BCUT2D eigenvalue weighted by molar-refractivity contribution is 5.50. The quantitative estimate of drug-likeness (QED) is 0.745. The molecule has 0 spiro atoms. The fraction of sp³-hybridized carbons (Fsp3) is 0.600. The summed E-state index contributed by atoms with van der Waals surface area (Å²) in [4.78, 5) is 0. The van der Waals surface area contributed by atoms with Gasteiger partial charge in [-0.05, 0) is 53.0 Å². The summed E-state index contributed by atoms with van der Waals surface area (Å²) in [6.45, 7) is 8.00. The van der Waals surface area contributed by atoms with E-state index in [2.05, 4.69) is 26.8 Å². The Morgan fingerprint density at radius 2 is 2.06 bits per heavy atom. The molecule has 17 heavy (non-hydrogen) atoms. The molecule has 0 saturated carbocycles. The Labute approximate surface area is 103 Å². The van der Waals surface area contributed by atoms with Gasteiger partial charge >= 0.3 is 0 Å². The van der Waals surface area contributed by atoms with Gasteiger partial charge < -0.3 is 9.84 Å². The molecule has 1 unspecified atom stereocenters. The van der Waals surface area contributed by atoms with E-state index >= 15 is 0 Å². The Balaban J connectivity index is 2.20. The van der Waals surface area contributed by atoms with Gasteiger partial charge in [0.05, 0.1) is 19.3 Å². The van der Waals surface area contributed by atoms with E-state index in [0.717, 1.165) is 31.6 Å². The van der Waals surface area contributed by atoms with Crippen molar-refractivity contribution in [2.24, 2.45) is 5.41 Å². The smallest absolute Gasteiger partial charge is 0.0846 e. The third kappa shape index (κ3) is 1.54. The van der Waals surface area contributed by atoms with Gasteiger partial charge in [0.1, 0.15) is 0 Å². The SMILES string of the molecule is Cc1cc2c(c3c1CCOC3)CC(C)(C)C2O. The van der Waals surface area contributed by atoms with Crippen LogP contribution in [0.25, 0.3) is 0 Å². The predicted molar refractivity (Wildman–Crippen MR) is 67.0 cm³/mol. The molecule has 1 aromatic rings. The fourth-order valence-corrected chi connectivity index (χ4v) is 3.30. The molecule has 1 aliphatic heterocycles. The number of ether oxygens (including phenoxy) is 1. The Hall–Kier alpha value is -0.860. The highest BCUT2D eigenvalue weighted by Crippen LogP contribution is 2.48. The second-order valence-electron chi connectivity index (χ2n) is 6.09. The number of aliphatic hydroxyl groups is 1. The average Bonchev–Trinajstić information content (AvgIpc) is 2.53. The van der Waals surface area contributed by atoms with E-state index in [9.17, 15) is 5.11 Å². The van der Waals surface area contributed by atoms with Crippen molar-refractivity contribution in [1.82, 2.24) is 0 Å². The van der Waals surface area contributed by atoms with Crippen molar-refractivity contribution in [1.29, 1.82) is 0 Å². The summed E-state index contributed by atoms with van der Waals surface area (Å²) in [6, 6.07) is 2.19. The summed E-state index contributed by atoms with van der Waals surface area (Å²) in [6.07, 6.45) is 1.66. The molecule has 0 amide bonds. The lowest BCUT2D eigenvalue weighted by Gasteiger charge is -2.22. The molecule has 2 nitrogen and oxygen atoms in total. The lowest BCUT2D eigenvalue weighted by molar-refractivity contribution is 0.0665. The minimum atomic E-state index is -0.330. The normalized spacial score (nSPS) is 25.5. The first-order valence-corrected chi connectivity index (χ1v) is 6.40. The van der Waals surface area contributed by atoms with Crippen LogP contribution in [0.3, 0.4) is 0 Å². The van der Waals surface area contributed by atoms with Crippen LogP contribution in [0.4, 0.5) is 0 Å². The Morgan fingerprint density at radius 3 is 2.82 bits per heavy atom. The zero-order chi connectivity index (χ0) is 12.2. The number of benzene rings is 1. The molecule has 1 aliphatic carbocycles. The molecule has 0 saturated heterocycles. The molecule has 0 radical (unpaired) electrons. The van der Waals surface area contributed by atoms with Crippen molar-refractivity contribution in [3.8, 4) is 0 Å². The number of fused-ring (bicyclic) bond motifs is 3. The van der Waals surface area contributed by atoms with Crippen molar-refractivity contribution >= 4 is 0 Å². The molecule has 1 aromatic carbocycles. The number of aryl methyl sites for hydroxylation is 1. The number of aliphatic hydroxyl groups excluding tert-OH is 1. The van der Waals surface area contributed by atoms with E-state index in [4.69, 9.17) is 4.74 Å². The van der Waals surface area contributed by atoms with E-state index in [0.29, 0.717) is 0 Å². The Kier molecular flexibility index (Phi) is 2.36. The van der Waals surface area contributed by atoms with Crippen LogP contribution in [0, 0.1) is 12.3 Å². The highest BCUT2D eigenvalue weighted by Gasteiger charge is 2.40. The Morgan fingerprint density at radius 1 is 1.29 bits per heavy atom. The molecule has 0 bridgehead atoms. The summed E-state index contributed by atoms with van der Waals surface area (Å²) in [7, 11) is 0. The van der Waals surface area contributed by atoms with Crippen LogP contribution in [0.2, 0.25) is 0 Å². The van der Waals surface area contributed by atoms with Crippen LogP contribution in [-0.2, 0) is 24.2 Å². The van der Waals surface area contributed by atoms with Crippen LogP contribution in [0.5, 0.6) is 0 Å². The fourth-order valence-electron chi connectivity index (χ4n) is 3.30. The zero-order valence-corrected chi connectivity index (χ0v) is 10.8. The topological polar surface area (TPSA) is 29.5 Å². The van der Waals surface area contributed by atoms with E-state index in [-0.39, 0.29) is 11.5 Å². The van der Waals surface area contributed by atoms with E-state index < -0.39 is 0 Å². The molecule has 2 heteroatoms. The number of hydrogen-bond acceptors (Lipinski definition) is 2. The van der Waals surface area contributed by atoms with Crippen LogP contribution in [-0.4, -0.2) is 11.7 Å². The summed E-state index contributed by atoms with van der Waals surface area (Å²) >= 11 is 0. The van der Waals surface area contributed by atoms with Crippen molar-refractivity contribution in [3.05, 3.63) is 33.9 Å². The van der Waals surface area contributed by atoms with Crippen molar-refractivity contribution in [2.45, 2.75) is 46.3 Å². The van der Waals surface area contributed by atoms with Crippen LogP contribution in [0.15, 0.2) is 6.07 Å². The largest absolute Gasteiger partial charge is 0.388 e. The maximum absolute atomic E-state index is 10.4. The van der Waals surface area contributed by atoms with E-state index in [1.807, 2.05) is 0 Å². The van der Waals surface area contributed by atoms with Gasteiger partial charge in [-0.25, -0.2) is 0 Å². The zero-order valence-electron chi connectivity index (χ0n) is 10.8. The van der Waals surface area contributed by atoms with Gasteiger partial charge in [-0.1, -0.05) is 19.9 Å². The summed E-state index contributed by atoms with van der Waals surface area (Å²) in [5.74, 6) is 0. The standard InChI is InChI=1S/C15H20O2/c1-9-6-11-12(7-15(2,3)14(11)16)13-8-17-5-4-10(9)13/h6,14,16H,4-5,7-8H2,1-3H3. The van der Waals surface area contributed by atoms with Gasteiger partial charge in [-0.15, -0.1) is 0 Å².